The van der Waals surface area contributed by atoms with Crippen LogP contribution in [0.4, 0.5) is 0 Å². The molecule has 3 rings (SSSR count). The number of piperidine rings is 1. The molecule has 2 aromatic heterocycles. The van der Waals surface area contributed by atoms with Crippen LogP contribution >= 0.6 is 11.3 Å². The monoisotopic (exact) mass is 302 g/mol. The molecular weight excluding hydrogens is 284 g/mol. The number of thiazole rings is 1. The van der Waals surface area contributed by atoms with Crippen molar-refractivity contribution in [3.8, 4) is 0 Å². The Morgan fingerprint density at radius 1 is 1.38 bits per heavy atom. The van der Waals surface area contributed by atoms with Crippen molar-refractivity contribution in [1.82, 2.24) is 19.9 Å². The fraction of sp³-hybridized carbons (Fsp3) is 0.467. The van der Waals surface area contributed by atoms with Crippen molar-refractivity contribution in [2.24, 2.45) is 0 Å². The normalized spacial score (nSPS) is 18.8. The Kier molecular flexibility index (Phi) is 3.96. The highest BCUT2D eigenvalue weighted by molar-refractivity contribution is 7.13. The number of likely N-dealkylation sites (tertiary alicyclic amines) is 1. The minimum atomic E-state index is 0.103. The third-order valence-electron chi connectivity index (χ3n) is 3.81. The molecule has 1 amide bonds. The van der Waals surface area contributed by atoms with E-state index in [9.17, 15) is 4.79 Å². The molecule has 2 aromatic rings. The molecule has 1 fully saturated rings. The van der Waals surface area contributed by atoms with Crippen LogP contribution in [-0.2, 0) is 0 Å². The van der Waals surface area contributed by atoms with Crippen molar-refractivity contribution in [3.05, 3.63) is 39.9 Å². The average Bonchev–Trinajstić information content (AvgIpc) is 2.86. The minimum absolute atomic E-state index is 0.103. The molecule has 0 spiro atoms. The second-order valence-electron chi connectivity index (χ2n) is 5.37. The number of aryl methyl sites for hydroxylation is 2. The summed E-state index contributed by atoms with van der Waals surface area (Å²) in [5.74, 6) is 0.386. The number of amides is 1. The Hall–Kier alpha value is -1.82. The summed E-state index contributed by atoms with van der Waals surface area (Å²) in [6, 6.07) is 0. The number of rotatable bonds is 2. The van der Waals surface area contributed by atoms with Gasteiger partial charge in [-0.3, -0.25) is 14.8 Å². The summed E-state index contributed by atoms with van der Waals surface area (Å²) in [7, 11) is 0. The van der Waals surface area contributed by atoms with Crippen molar-refractivity contribution in [3.63, 3.8) is 0 Å². The Morgan fingerprint density at radius 2 is 2.24 bits per heavy atom. The zero-order chi connectivity index (χ0) is 14.8. The number of carbonyl (C=O) groups excluding carboxylic acids is 1. The Balaban J connectivity index is 1.77. The van der Waals surface area contributed by atoms with Crippen LogP contribution < -0.4 is 0 Å². The molecule has 1 aliphatic heterocycles. The van der Waals surface area contributed by atoms with Gasteiger partial charge in [-0.2, -0.15) is 0 Å². The lowest BCUT2D eigenvalue weighted by Gasteiger charge is -2.32. The lowest BCUT2D eigenvalue weighted by Crippen LogP contribution is -2.39. The van der Waals surface area contributed by atoms with Gasteiger partial charge in [-0.25, -0.2) is 4.98 Å². The van der Waals surface area contributed by atoms with Crippen LogP contribution in [0.5, 0.6) is 0 Å². The molecule has 0 bridgehead atoms. The molecule has 0 saturated carbocycles. The first-order valence-electron chi connectivity index (χ1n) is 7.14. The van der Waals surface area contributed by atoms with E-state index in [-0.39, 0.29) is 11.8 Å². The number of nitrogens with zero attached hydrogens (tertiary/aromatic N) is 4. The second-order valence-corrected chi connectivity index (χ2v) is 6.57. The Labute approximate surface area is 128 Å². The largest absolute Gasteiger partial charge is 0.337 e. The molecule has 0 aromatic carbocycles. The van der Waals surface area contributed by atoms with E-state index in [1.165, 1.54) is 11.3 Å². The van der Waals surface area contributed by atoms with Crippen LogP contribution in [-0.4, -0.2) is 38.8 Å². The molecule has 0 N–H and O–H groups in total. The maximum absolute atomic E-state index is 12.7. The van der Waals surface area contributed by atoms with Gasteiger partial charge in [-0.15, -0.1) is 11.3 Å². The van der Waals surface area contributed by atoms with Crippen molar-refractivity contribution in [2.45, 2.75) is 32.6 Å². The quantitative estimate of drug-likeness (QED) is 0.855. The molecule has 1 atom stereocenters. The van der Waals surface area contributed by atoms with E-state index < -0.39 is 0 Å². The molecule has 0 unspecified atom stereocenters. The van der Waals surface area contributed by atoms with E-state index in [1.807, 2.05) is 18.7 Å². The summed E-state index contributed by atoms with van der Waals surface area (Å²) in [6.45, 7) is 5.37. The average molecular weight is 302 g/mol. The van der Waals surface area contributed by atoms with Gasteiger partial charge in [0.05, 0.1) is 16.4 Å². The Morgan fingerprint density at radius 3 is 2.90 bits per heavy atom. The molecule has 3 heterocycles. The van der Waals surface area contributed by atoms with Crippen LogP contribution in [0.15, 0.2) is 18.6 Å². The molecule has 1 saturated heterocycles. The minimum Gasteiger partial charge on any atom is -0.337 e. The molecule has 6 heteroatoms. The summed E-state index contributed by atoms with van der Waals surface area (Å²) < 4.78 is 0. The first-order valence-corrected chi connectivity index (χ1v) is 7.96. The number of hydrogen-bond acceptors (Lipinski definition) is 5. The lowest BCUT2D eigenvalue weighted by atomic mass is 9.95. The molecule has 21 heavy (non-hydrogen) atoms. The third kappa shape index (κ3) is 2.95. The first-order chi connectivity index (χ1) is 10.1. The summed E-state index contributed by atoms with van der Waals surface area (Å²) in [6.07, 6.45) is 7.26. The van der Waals surface area contributed by atoms with Gasteiger partial charge in [0.2, 0.25) is 0 Å². The number of hydrogen-bond donors (Lipinski definition) is 0. The fourth-order valence-corrected chi connectivity index (χ4v) is 3.69. The zero-order valence-corrected chi connectivity index (χ0v) is 13.1. The first kappa shape index (κ1) is 14.1. The molecule has 1 aliphatic rings. The highest BCUT2D eigenvalue weighted by Crippen LogP contribution is 2.27. The van der Waals surface area contributed by atoms with E-state index in [0.717, 1.165) is 40.7 Å². The van der Waals surface area contributed by atoms with Gasteiger partial charge in [0.15, 0.2) is 0 Å². The van der Waals surface area contributed by atoms with Crippen molar-refractivity contribution in [1.29, 1.82) is 0 Å². The summed E-state index contributed by atoms with van der Waals surface area (Å²) in [4.78, 5) is 28.2. The van der Waals surface area contributed by atoms with E-state index in [4.69, 9.17) is 0 Å². The maximum atomic E-state index is 12.7. The van der Waals surface area contributed by atoms with Crippen LogP contribution in [0.25, 0.3) is 0 Å². The van der Waals surface area contributed by atoms with E-state index in [1.54, 1.807) is 18.6 Å². The van der Waals surface area contributed by atoms with Gasteiger partial charge in [0, 0.05) is 37.6 Å². The van der Waals surface area contributed by atoms with Gasteiger partial charge in [-0.1, -0.05) is 0 Å². The van der Waals surface area contributed by atoms with Crippen LogP contribution in [0.3, 0.4) is 0 Å². The highest BCUT2D eigenvalue weighted by Gasteiger charge is 2.28. The smallest absolute Gasteiger partial charge is 0.265 e. The lowest BCUT2D eigenvalue weighted by molar-refractivity contribution is 0.0709. The van der Waals surface area contributed by atoms with Gasteiger partial charge in [-0.05, 0) is 26.7 Å². The van der Waals surface area contributed by atoms with Crippen LogP contribution in [0.2, 0.25) is 0 Å². The van der Waals surface area contributed by atoms with E-state index in [0.29, 0.717) is 6.54 Å². The van der Waals surface area contributed by atoms with Gasteiger partial charge in [0.25, 0.3) is 5.91 Å². The van der Waals surface area contributed by atoms with Crippen molar-refractivity contribution in [2.75, 3.05) is 13.1 Å². The second kappa shape index (κ2) is 5.89. The SMILES string of the molecule is Cc1nc(C)c(C(=O)N2CCC[C@@H](c3cnccn3)C2)s1. The molecular formula is C15H18N4OS. The van der Waals surface area contributed by atoms with Crippen LogP contribution in [0, 0.1) is 13.8 Å². The van der Waals surface area contributed by atoms with Gasteiger partial charge >= 0.3 is 0 Å². The molecule has 0 radical (unpaired) electrons. The predicted octanol–water partition coefficient (Wildman–Crippen LogP) is 2.57. The summed E-state index contributed by atoms with van der Waals surface area (Å²) in [5, 5.41) is 0.943. The Bertz CT molecular complexity index is 640. The number of carbonyl (C=O) groups is 1. The fourth-order valence-electron chi connectivity index (χ4n) is 2.80. The van der Waals surface area contributed by atoms with Crippen LogP contribution in [0.1, 0.15) is 44.8 Å². The highest BCUT2D eigenvalue weighted by atomic mass is 32.1. The molecule has 5 nitrogen and oxygen atoms in total. The van der Waals surface area contributed by atoms with Gasteiger partial charge < -0.3 is 4.90 Å². The molecule has 110 valence electrons. The summed E-state index contributed by atoms with van der Waals surface area (Å²) >= 11 is 1.48. The van der Waals surface area contributed by atoms with E-state index in [2.05, 4.69) is 15.0 Å². The van der Waals surface area contributed by atoms with Crippen molar-refractivity contribution < 1.29 is 4.79 Å². The molecule has 0 aliphatic carbocycles. The topological polar surface area (TPSA) is 59.0 Å². The van der Waals surface area contributed by atoms with Gasteiger partial charge in [0.1, 0.15) is 4.88 Å². The van der Waals surface area contributed by atoms with E-state index >= 15 is 0 Å². The predicted molar refractivity (Wildman–Crippen MR) is 81.5 cm³/mol. The standard InChI is InChI=1S/C15H18N4OS/c1-10-14(21-11(2)18-10)15(20)19-7-3-4-12(9-19)13-8-16-5-6-17-13/h5-6,8,12H,3-4,7,9H2,1-2H3/t12-/m1/s1. The number of aromatic nitrogens is 3. The third-order valence-corrected chi connectivity index (χ3v) is 4.87. The zero-order valence-electron chi connectivity index (χ0n) is 12.2. The maximum Gasteiger partial charge on any atom is 0.265 e. The van der Waals surface area contributed by atoms with Crippen molar-refractivity contribution >= 4 is 17.2 Å². The summed E-state index contributed by atoms with van der Waals surface area (Å²) in [5.41, 5.74) is 1.82.